The standard InChI is InChI=1S/C15H28/c1-7-12(3)9-10-14(5)15(6)11-13(4)8-2/h7,13H,8-11H2,1-6H3/b12-7?,15-14-. The molecule has 0 nitrogen and oxygen atoms in total. The van der Waals surface area contributed by atoms with Crippen LogP contribution >= 0.6 is 0 Å². The Balaban J connectivity index is 4.14. The van der Waals surface area contributed by atoms with Gasteiger partial charge in [-0.05, 0) is 52.9 Å². The number of hydrogen-bond donors (Lipinski definition) is 0. The lowest BCUT2D eigenvalue weighted by molar-refractivity contribution is 0.553. The van der Waals surface area contributed by atoms with Gasteiger partial charge in [-0.3, -0.25) is 0 Å². The van der Waals surface area contributed by atoms with Crippen molar-refractivity contribution in [2.24, 2.45) is 5.92 Å². The van der Waals surface area contributed by atoms with Crippen LogP contribution in [0.5, 0.6) is 0 Å². The van der Waals surface area contributed by atoms with Crippen LogP contribution in [0.2, 0.25) is 0 Å². The smallest absolute Gasteiger partial charge is 0.0283 e. The minimum atomic E-state index is 0.836. The molecule has 0 aromatic heterocycles. The molecule has 0 N–H and O–H groups in total. The van der Waals surface area contributed by atoms with E-state index in [1.54, 1.807) is 11.1 Å². The summed E-state index contributed by atoms with van der Waals surface area (Å²) in [5.74, 6) is 0.836. The van der Waals surface area contributed by atoms with E-state index in [1.807, 2.05) is 0 Å². The average Bonchev–Trinajstić information content (AvgIpc) is 2.24. The SMILES string of the molecule is CC=C(C)CC/C(C)=C(/C)CC(C)CC. The number of rotatable bonds is 6. The Morgan fingerprint density at radius 2 is 1.67 bits per heavy atom. The Hall–Kier alpha value is -0.520. The third kappa shape index (κ3) is 6.54. The largest absolute Gasteiger partial charge is 0.0887 e. The van der Waals surface area contributed by atoms with E-state index < -0.39 is 0 Å². The van der Waals surface area contributed by atoms with Crippen molar-refractivity contribution in [2.45, 2.75) is 67.2 Å². The van der Waals surface area contributed by atoms with Crippen molar-refractivity contribution in [1.29, 1.82) is 0 Å². The van der Waals surface area contributed by atoms with Crippen molar-refractivity contribution < 1.29 is 0 Å². The first kappa shape index (κ1) is 14.5. The molecule has 0 saturated heterocycles. The highest BCUT2D eigenvalue weighted by Gasteiger charge is 2.03. The van der Waals surface area contributed by atoms with Crippen LogP contribution in [-0.2, 0) is 0 Å². The molecule has 0 heteroatoms. The normalized spacial score (nSPS) is 16.3. The summed E-state index contributed by atoms with van der Waals surface area (Å²) in [7, 11) is 0. The van der Waals surface area contributed by atoms with Crippen molar-refractivity contribution in [3.05, 3.63) is 22.8 Å². The first-order chi connectivity index (χ1) is 7.01. The molecule has 0 amide bonds. The van der Waals surface area contributed by atoms with Crippen molar-refractivity contribution in [1.82, 2.24) is 0 Å². The van der Waals surface area contributed by atoms with Gasteiger partial charge in [-0.1, -0.05) is 43.1 Å². The van der Waals surface area contributed by atoms with Gasteiger partial charge >= 0.3 is 0 Å². The van der Waals surface area contributed by atoms with Crippen molar-refractivity contribution >= 4 is 0 Å². The van der Waals surface area contributed by atoms with Gasteiger partial charge in [-0.2, -0.15) is 0 Å². The molecular weight excluding hydrogens is 180 g/mol. The first-order valence-corrected chi connectivity index (χ1v) is 6.28. The molecule has 1 unspecified atom stereocenters. The quantitative estimate of drug-likeness (QED) is 0.505. The van der Waals surface area contributed by atoms with E-state index in [0.717, 1.165) is 5.92 Å². The Morgan fingerprint density at radius 3 is 2.13 bits per heavy atom. The summed E-state index contributed by atoms with van der Waals surface area (Å²) in [6.07, 6.45) is 7.24. The molecule has 88 valence electrons. The van der Waals surface area contributed by atoms with E-state index >= 15 is 0 Å². The second kappa shape index (κ2) is 7.73. The van der Waals surface area contributed by atoms with Gasteiger partial charge in [0.1, 0.15) is 0 Å². The molecule has 15 heavy (non-hydrogen) atoms. The molecule has 0 aromatic rings. The molecule has 0 aromatic carbocycles. The maximum Gasteiger partial charge on any atom is -0.0283 e. The Morgan fingerprint density at radius 1 is 1.07 bits per heavy atom. The molecule has 0 bridgehead atoms. The van der Waals surface area contributed by atoms with Gasteiger partial charge in [0, 0.05) is 0 Å². The van der Waals surface area contributed by atoms with E-state index in [-0.39, 0.29) is 0 Å². The Labute approximate surface area is 96.5 Å². The zero-order valence-corrected chi connectivity index (χ0v) is 11.5. The van der Waals surface area contributed by atoms with Gasteiger partial charge in [-0.25, -0.2) is 0 Å². The van der Waals surface area contributed by atoms with Crippen LogP contribution in [0.25, 0.3) is 0 Å². The monoisotopic (exact) mass is 208 g/mol. The minimum absolute atomic E-state index is 0.836. The zero-order valence-electron chi connectivity index (χ0n) is 11.5. The van der Waals surface area contributed by atoms with Crippen LogP contribution in [0.3, 0.4) is 0 Å². The lowest BCUT2D eigenvalue weighted by atomic mass is 9.94. The highest BCUT2D eigenvalue weighted by atomic mass is 14.1. The number of hydrogen-bond acceptors (Lipinski definition) is 0. The summed E-state index contributed by atoms with van der Waals surface area (Å²) in [6.45, 7) is 13.6. The van der Waals surface area contributed by atoms with Crippen LogP contribution in [-0.4, -0.2) is 0 Å². The highest BCUT2D eigenvalue weighted by Crippen LogP contribution is 2.21. The van der Waals surface area contributed by atoms with Gasteiger partial charge in [0.05, 0.1) is 0 Å². The summed E-state index contributed by atoms with van der Waals surface area (Å²) >= 11 is 0. The Bertz CT molecular complexity index is 230. The van der Waals surface area contributed by atoms with Gasteiger partial charge in [0.2, 0.25) is 0 Å². The molecule has 0 aliphatic carbocycles. The molecule has 0 radical (unpaired) electrons. The lowest BCUT2D eigenvalue weighted by Crippen LogP contribution is -1.95. The third-order valence-electron chi connectivity index (χ3n) is 3.47. The Kier molecular flexibility index (Phi) is 7.46. The average molecular weight is 208 g/mol. The second-order valence-electron chi connectivity index (χ2n) is 4.91. The molecule has 0 saturated carbocycles. The minimum Gasteiger partial charge on any atom is -0.0887 e. The van der Waals surface area contributed by atoms with Crippen molar-refractivity contribution in [3.8, 4) is 0 Å². The summed E-state index contributed by atoms with van der Waals surface area (Å²) in [4.78, 5) is 0. The van der Waals surface area contributed by atoms with Crippen molar-refractivity contribution in [3.63, 3.8) is 0 Å². The van der Waals surface area contributed by atoms with Crippen LogP contribution in [0.4, 0.5) is 0 Å². The predicted molar refractivity (Wildman–Crippen MR) is 71.1 cm³/mol. The molecule has 0 heterocycles. The molecule has 0 fully saturated rings. The van der Waals surface area contributed by atoms with Crippen LogP contribution < -0.4 is 0 Å². The van der Waals surface area contributed by atoms with Gasteiger partial charge < -0.3 is 0 Å². The molecule has 0 aliphatic heterocycles. The summed E-state index contributed by atoms with van der Waals surface area (Å²) < 4.78 is 0. The van der Waals surface area contributed by atoms with Gasteiger partial charge in [0.25, 0.3) is 0 Å². The van der Waals surface area contributed by atoms with Crippen molar-refractivity contribution in [2.75, 3.05) is 0 Å². The lowest BCUT2D eigenvalue weighted by Gasteiger charge is -2.12. The number of allylic oxidation sites excluding steroid dienone is 4. The van der Waals surface area contributed by atoms with E-state index in [4.69, 9.17) is 0 Å². The first-order valence-electron chi connectivity index (χ1n) is 6.28. The highest BCUT2D eigenvalue weighted by molar-refractivity contribution is 5.12. The van der Waals surface area contributed by atoms with Crippen LogP contribution in [0.15, 0.2) is 22.8 Å². The maximum atomic E-state index is 2.34. The molecule has 1 atom stereocenters. The van der Waals surface area contributed by atoms with E-state index in [1.165, 1.54) is 31.3 Å². The molecule has 0 rings (SSSR count). The maximum absolute atomic E-state index is 2.34. The van der Waals surface area contributed by atoms with E-state index in [0.29, 0.717) is 0 Å². The van der Waals surface area contributed by atoms with Gasteiger partial charge in [-0.15, -0.1) is 0 Å². The topological polar surface area (TPSA) is 0 Å². The predicted octanol–water partition coefficient (Wildman–Crippen LogP) is 5.51. The fraction of sp³-hybridized carbons (Fsp3) is 0.733. The fourth-order valence-corrected chi connectivity index (χ4v) is 1.58. The van der Waals surface area contributed by atoms with E-state index in [9.17, 15) is 0 Å². The van der Waals surface area contributed by atoms with E-state index in [2.05, 4.69) is 47.6 Å². The molecular formula is C15H28. The van der Waals surface area contributed by atoms with Crippen LogP contribution in [0.1, 0.15) is 67.2 Å². The summed E-state index contributed by atoms with van der Waals surface area (Å²) in [6, 6.07) is 0. The second-order valence-corrected chi connectivity index (χ2v) is 4.91. The zero-order chi connectivity index (χ0) is 11.8. The molecule has 0 spiro atoms. The fourth-order valence-electron chi connectivity index (χ4n) is 1.58. The van der Waals surface area contributed by atoms with Gasteiger partial charge in [0.15, 0.2) is 0 Å². The van der Waals surface area contributed by atoms with Crippen LogP contribution in [0, 0.1) is 5.92 Å². The summed E-state index contributed by atoms with van der Waals surface area (Å²) in [5.41, 5.74) is 4.70. The third-order valence-corrected chi connectivity index (χ3v) is 3.47. The summed E-state index contributed by atoms with van der Waals surface area (Å²) in [5, 5.41) is 0. The molecule has 0 aliphatic rings.